The Morgan fingerprint density at radius 3 is 2.68 bits per heavy atom. The lowest BCUT2D eigenvalue weighted by atomic mass is 9.86. The molecule has 1 aromatic carbocycles. The molecule has 0 bridgehead atoms. The highest BCUT2D eigenvalue weighted by atomic mass is 16.6. The van der Waals surface area contributed by atoms with E-state index in [1.165, 1.54) is 18.6 Å². The maximum Gasteiger partial charge on any atom is 0.341 e. The lowest BCUT2D eigenvalue weighted by Gasteiger charge is -2.29. The molecule has 1 aromatic rings. The Morgan fingerprint density at radius 1 is 1.32 bits per heavy atom. The molecule has 8 heteroatoms. The van der Waals surface area contributed by atoms with E-state index in [9.17, 15) is 19.7 Å². The second-order valence-electron chi connectivity index (χ2n) is 6.25. The fraction of sp³-hybridized carbons (Fsp3) is 0.529. The minimum Gasteiger partial charge on any atom is -0.452 e. The third-order valence-corrected chi connectivity index (χ3v) is 4.50. The molecule has 0 spiro atoms. The van der Waals surface area contributed by atoms with E-state index < -0.39 is 17.5 Å². The zero-order valence-corrected chi connectivity index (χ0v) is 14.4. The number of amides is 1. The number of nitrogens with zero attached hydrogens (tertiary/aromatic N) is 1. The van der Waals surface area contributed by atoms with Gasteiger partial charge in [-0.3, -0.25) is 14.9 Å². The second-order valence-corrected chi connectivity index (χ2v) is 6.25. The van der Waals surface area contributed by atoms with Crippen molar-refractivity contribution >= 4 is 23.3 Å². The van der Waals surface area contributed by atoms with E-state index >= 15 is 0 Å². The molecule has 1 saturated carbocycles. The van der Waals surface area contributed by atoms with Crippen LogP contribution in [0.15, 0.2) is 18.2 Å². The van der Waals surface area contributed by atoms with Crippen molar-refractivity contribution < 1.29 is 19.2 Å². The maximum absolute atomic E-state index is 12.2. The molecule has 25 heavy (non-hydrogen) atoms. The van der Waals surface area contributed by atoms with Crippen molar-refractivity contribution in [2.45, 2.75) is 38.6 Å². The average molecular weight is 349 g/mol. The summed E-state index contributed by atoms with van der Waals surface area (Å²) in [5.41, 5.74) is 0.207. The zero-order chi connectivity index (χ0) is 18.4. The molecule has 0 saturated heterocycles. The highest BCUT2D eigenvalue weighted by molar-refractivity contribution is 5.97. The maximum atomic E-state index is 12.2. The van der Waals surface area contributed by atoms with Crippen molar-refractivity contribution in [2.75, 3.05) is 19.0 Å². The molecule has 0 radical (unpaired) electrons. The van der Waals surface area contributed by atoms with Crippen LogP contribution in [0.4, 0.5) is 11.4 Å². The summed E-state index contributed by atoms with van der Waals surface area (Å²) < 4.78 is 5.03. The Morgan fingerprint density at radius 2 is 2.04 bits per heavy atom. The van der Waals surface area contributed by atoms with E-state index in [0.717, 1.165) is 25.3 Å². The Hall–Kier alpha value is -2.64. The van der Waals surface area contributed by atoms with Crippen LogP contribution in [0, 0.1) is 16.0 Å². The Labute approximate surface area is 146 Å². The van der Waals surface area contributed by atoms with Crippen LogP contribution in [0.3, 0.4) is 0 Å². The van der Waals surface area contributed by atoms with Gasteiger partial charge in [0.15, 0.2) is 6.61 Å². The first-order valence-electron chi connectivity index (χ1n) is 8.35. The quantitative estimate of drug-likeness (QED) is 0.464. The molecule has 1 aliphatic rings. The standard InChI is InChI=1S/C17H23N3O5/c1-11-5-3-4-6-14(11)19-16(21)10-25-17(22)13-9-12(20(23)24)7-8-15(13)18-2/h7-9,11,14,18H,3-6,10H2,1-2H3,(H,19,21)/t11-,14-/m0/s1. The molecule has 0 aromatic heterocycles. The molecule has 1 fully saturated rings. The van der Waals surface area contributed by atoms with Gasteiger partial charge in [-0.05, 0) is 24.8 Å². The molecule has 2 atom stereocenters. The second kappa shape index (κ2) is 8.46. The van der Waals surface area contributed by atoms with Gasteiger partial charge in [-0.2, -0.15) is 0 Å². The molecule has 2 rings (SSSR count). The Bertz CT molecular complexity index is 662. The third kappa shape index (κ3) is 4.91. The van der Waals surface area contributed by atoms with Gasteiger partial charge < -0.3 is 15.4 Å². The number of carbonyl (C=O) groups excluding carboxylic acids is 2. The van der Waals surface area contributed by atoms with Gasteiger partial charge in [0.1, 0.15) is 0 Å². The summed E-state index contributed by atoms with van der Waals surface area (Å²) in [4.78, 5) is 34.5. The Balaban J connectivity index is 1.96. The molecule has 136 valence electrons. The van der Waals surface area contributed by atoms with Gasteiger partial charge >= 0.3 is 5.97 Å². The van der Waals surface area contributed by atoms with Crippen LogP contribution in [0.2, 0.25) is 0 Å². The van der Waals surface area contributed by atoms with Crippen LogP contribution in [0.5, 0.6) is 0 Å². The first kappa shape index (κ1) is 18.7. The number of rotatable bonds is 6. The summed E-state index contributed by atoms with van der Waals surface area (Å²) in [7, 11) is 1.59. The van der Waals surface area contributed by atoms with Gasteiger partial charge in [0, 0.05) is 30.9 Å². The highest BCUT2D eigenvalue weighted by Gasteiger charge is 2.24. The van der Waals surface area contributed by atoms with Crippen LogP contribution < -0.4 is 10.6 Å². The van der Waals surface area contributed by atoms with Crippen molar-refractivity contribution in [3.05, 3.63) is 33.9 Å². The van der Waals surface area contributed by atoms with Crippen LogP contribution >= 0.6 is 0 Å². The third-order valence-electron chi connectivity index (χ3n) is 4.50. The zero-order valence-electron chi connectivity index (χ0n) is 14.4. The fourth-order valence-electron chi connectivity index (χ4n) is 3.02. The number of hydrogen-bond acceptors (Lipinski definition) is 6. The van der Waals surface area contributed by atoms with E-state index in [4.69, 9.17) is 4.74 Å². The SMILES string of the molecule is CNc1ccc([N+](=O)[O-])cc1C(=O)OCC(=O)N[C@H]1CCCC[C@@H]1C. The largest absolute Gasteiger partial charge is 0.452 e. The van der Waals surface area contributed by atoms with Gasteiger partial charge in [-0.1, -0.05) is 19.8 Å². The summed E-state index contributed by atoms with van der Waals surface area (Å²) in [5.74, 6) is -0.732. The number of ether oxygens (including phenoxy) is 1. The minimum absolute atomic E-state index is 0.0236. The number of carbonyl (C=O) groups is 2. The number of anilines is 1. The molecule has 8 nitrogen and oxygen atoms in total. The topological polar surface area (TPSA) is 111 Å². The highest BCUT2D eigenvalue weighted by Crippen LogP contribution is 2.24. The van der Waals surface area contributed by atoms with Gasteiger partial charge in [0.2, 0.25) is 0 Å². The number of esters is 1. The molecule has 0 aliphatic heterocycles. The molecule has 1 amide bonds. The normalized spacial score (nSPS) is 19.8. The van der Waals surface area contributed by atoms with E-state index in [1.54, 1.807) is 7.05 Å². The summed E-state index contributed by atoms with van der Waals surface area (Å²) >= 11 is 0. The molecular weight excluding hydrogens is 326 g/mol. The molecule has 1 aliphatic carbocycles. The van der Waals surface area contributed by atoms with Crippen molar-refractivity contribution in [2.24, 2.45) is 5.92 Å². The smallest absolute Gasteiger partial charge is 0.341 e. The molecule has 2 N–H and O–H groups in total. The summed E-state index contributed by atoms with van der Waals surface area (Å²) in [5, 5.41) is 16.5. The van der Waals surface area contributed by atoms with Crippen LogP contribution in [0.25, 0.3) is 0 Å². The molecule has 0 unspecified atom stereocenters. The molecule has 0 heterocycles. The minimum atomic E-state index is -0.778. The number of non-ortho nitro benzene ring substituents is 1. The summed E-state index contributed by atoms with van der Waals surface area (Å²) in [6.07, 6.45) is 4.25. The van der Waals surface area contributed by atoms with Crippen LogP contribution in [-0.4, -0.2) is 36.5 Å². The van der Waals surface area contributed by atoms with Gasteiger partial charge in [-0.25, -0.2) is 4.79 Å². The Kier molecular flexibility index (Phi) is 6.32. The van der Waals surface area contributed by atoms with Crippen molar-refractivity contribution in [1.29, 1.82) is 0 Å². The predicted octanol–water partition coefficient (Wildman–Crippen LogP) is 2.49. The first-order valence-corrected chi connectivity index (χ1v) is 8.35. The van der Waals surface area contributed by atoms with E-state index in [-0.39, 0.29) is 23.2 Å². The van der Waals surface area contributed by atoms with Crippen LogP contribution in [-0.2, 0) is 9.53 Å². The van der Waals surface area contributed by atoms with Gasteiger partial charge in [-0.15, -0.1) is 0 Å². The van der Waals surface area contributed by atoms with E-state index in [1.807, 2.05) is 0 Å². The van der Waals surface area contributed by atoms with Crippen molar-refractivity contribution in [1.82, 2.24) is 5.32 Å². The number of hydrogen-bond donors (Lipinski definition) is 2. The fourth-order valence-corrected chi connectivity index (χ4v) is 3.02. The number of nitrogens with one attached hydrogen (secondary N) is 2. The lowest BCUT2D eigenvalue weighted by molar-refractivity contribution is -0.384. The van der Waals surface area contributed by atoms with E-state index in [0.29, 0.717) is 11.6 Å². The average Bonchev–Trinajstić information content (AvgIpc) is 2.61. The van der Waals surface area contributed by atoms with Gasteiger partial charge in [0.25, 0.3) is 11.6 Å². The van der Waals surface area contributed by atoms with Crippen LogP contribution in [0.1, 0.15) is 43.0 Å². The predicted molar refractivity (Wildman–Crippen MR) is 92.5 cm³/mol. The molecular formula is C17H23N3O5. The number of benzene rings is 1. The number of nitro groups is 1. The van der Waals surface area contributed by atoms with Gasteiger partial charge in [0.05, 0.1) is 10.5 Å². The number of nitro benzene ring substituents is 1. The summed E-state index contributed by atoms with van der Waals surface area (Å²) in [6, 6.07) is 3.96. The first-order chi connectivity index (χ1) is 11.9. The van der Waals surface area contributed by atoms with Crippen molar-refractivity contribution in [3.8, 4) is 0 Å². The van der Waals surface area contributed by atoms with E-state index in [2.05, 4.69) is 17.6 Å². The lowest BCUT2D eigenvalue weighted by Crippen LogP contribution is -2.42. The van der Waals surface area contributed by atoms with Crippen molar-refractivity contribution in [3.63, 3.8) is 0 Å². The monoisotopic (exact) mass is 349 g/mol. The summed E-state index contributed by atoms with van der Waals surface area (Å²) in [6.45, 7) is 1.69.